The second-order valence-corrected chi connectivity index (χ2v) is 9.76. The fourth-order valence-electron chi connectivity index (χ4n) is 5.01. The number of halogens is 2. The lowest BCUT2D eigenvalue weighted by Gasteiger charge is -2.37. The Balaban J connectivity index is 1.20. The summed E-state index contributed by atoms with van der Waals surface area (Å²) in [5.74, 6) is 1.18. The summed E-state index contributed by atoms with van der Waals surface area (Å²) in [6.45, 7) is 6.76. The highest BCUT2D eigenvalue weighted by Crippen LogP contribution is 2.28. The molecule has 2 fully saturated rings. The molecule has 5 rings (SSSR count). The first-order valence-electron chi connectivity index (χ1n) is 12.6. The number of benzene rings is 2. The molecule has 2 aliphatic heterocycles. The number of anilines is 2. The molecule has 1 aromatic heterocycles. The maximum Gasteiger partial charge on any atom is 0.253 e. The molecule has 194 valence electrons. The highest BCUT2D eigenvalue weighted by molar-refractivity contribution is 6.33. The molecule has 0 aliphatic carbocycles. The second-order valence-electron chi connectivity index (χ2n) is 9.36. The second kappa shape index (κ2) is 11.4. The summed E-state index contributed by atoms with van der Waals surface area (Å²) < 4.78 is 18.8. The van der Waals surface area contributed by atoms with Crippen LogP contribution in [0.2, 0.25) is 5.02 Å². The van der Waals surface area contributed by atoms with Gasteiger partial charge in [0.2, 0.25) is 0 Å². The standard InChI is InChI=1S/C28H31ClFN5O2/c1-37-26-8-6-21(28(36)35-16-14-34(15-17-35)27-9-7-23(30)19-31-27)18-22(26)20-32-10-12-33(13-11-32)25-5-3-2-4-24(25)29/h2-9,18-19H,10-17,20H2,1H3. The van der Waals surface area contributed by atoms with Crippen LogP contribution in [-0.4, -0.2) is 80.2 Å². The molecule has 9 heteroatoms. The molecule has 0 saturated carbocycles. The van der Waals surface area contributed by atoms with Crippen molar-refractivity contribution in [3.8, 4) is 5.75 Å². The number of piperazine rings is 2. The molecular formula is C28H31ClFN5O2. The molecule has 37 heavy (non-hydrogen) atoms. The summed E-state index contributed by atoms with van der Waals surface area (Å²) in [6.07, 6.45) is 1.22. The van der Waals surface area contributed by atoms with Crippen molar-refractivity contribution in [1.82, 2.24) is 14.8 Å². The zero-order chi connectivity index (χ0) is 25.8. The minimum absolute atomic E-state index is 0.0131. The maximum atomic E-state index is 13.3. The lowest BCUT2D eigenvalue weighted by atomic mass is 10.1. The number of nitrogens with zero attached hydrogens (tertiary/aromatic N) is 5. The first-order chi connectivity index (χ1) is 18.0. The van der Waals surface area contributed by atoms with E-state index in [2.05, 4.69) is 25.8 Å². The Kier molecular flexibility index (Phi) is 7.76. The van der Waals surface area contributed by atoms with Crippen molar-refractivity contribution in [1.29, 1.82) is 0 Å². The first kappa shape index (κ1) is 25.3. The van der Waals surface area contributed by atoms with Gasteiger partial charge in [-0.2, -0.15) is 0 Å². The summed E-state index contributed by atoms with van der Waals surface area (Å²) >= 11 is 6.39. The molecule has 0 unspecified atom stereocenters. The predicted octanol–water partition coefficient (Wildman–Crippen LogP) is 4.17. The van der Waals surface area contributed by atoms with E-state index < -0.39 is 0 Å². The largest absolute Gasteiger partial charge is 0.496 e. The summed E-state index contributed by atoms with van der Waals surface area (Å²) in [6, 6.07) is 16.7. The lowest BCUT2D eigenvalue weighted by molar-refractivity contribution is 0.0746. The van der Waals surface area contributed by atoms with Crippen molar-refractivity contribution < 1.29 is 13.9 Å². The average molecular weight is 524 g/mol. The van der Waals surface area contributed by atoms with E-state index in [1.807, 2.05) is 41.3 Å². The predicted molar refractivity (Wildman–Crippen MR) is 144 cm³/mol. The van der Waals surface area contributed by atoms with Gasteiger partial charge in [-0.3, -0.25) is 9.69 Å². The number of pyridine rings is 1. The Hall–Kier alpha value is -3.36. The van der Waals surface area contributed by atoms with E-state index in [1.165, 1.54) is 12.3 Å². The normalized spacial score (nSPS) is 16.7. The first-order valence-corrected chi connectivity index (χ1v) is 12.9. The topological polar surface area (TPSA) is 52.2 Å². The molecule has 2 aromatic carbocycles. The van der Waals surface area contributed by atoms with Crippen LogP contribution < -0.4 is 14.5 Å². The average Bonchev–Trinajstić information content (AvgIpc) is 2.94. The number of amides is 1. The molecule has 0 radical (unpaired) electrons. The smallest absolute Gasteiger partial charge is 0.253 e. The molecular weight excluding hydrogens is 493 g/mol. The Morgan fingerprint density at radius 1 is 0.946 bits per heavy atom. The summed E-state index contributed by atoms with van der Waals surface area (Å²) in [7, 11) is 1.67. The Labute approximate surface area is 222 Å². The highest BCUT2D eigenvalue weighted by atomic mass is 35.5. The number of hydrogen-bond donors (Lipinski definition) is 0. The van der Waals surface area contributed by atoms with Crippen molar-refractivity contribution in [2.75, 3.05) is 69.3 Å². The number of aromatic nitrogens is 1. The molecule has 0 bridgehead atoms. The summed E-state index contributed by atoms with van der Waals surface area (Å²) in [5.41, 5.74) is 2.75. The third-order valence-electron chi connectivity index (χ3n) is 7.09. The van der Waals surface area contributed by atoms with Gasteiger partial charge in [0, 0.05) is 70.0 Å². The number of rotatable bonds is 6. The molecule has 1 amide bonds. The minimum atomic E-state index is -0.352. The van der Waals surface area contributed by atoms with Crippen LogP contribution in [0, 0.1) is 5.82 Å². The van der Waals surface area contributed by atoms with Crippen LogP contribution in [-0.2, 0) is 6.54 Å². The van der Waals surface area contributed by atoms with Gasteiger partial charge < -0.3 is 19.4 Å². The highest BCUT2D eigenvalue weighted by Gasteiger charge is 2.25. The van der Waals surface area contributed by atoms with Gasteiger partial charge in [-0.1, -0.05) is 23.7 Å². The van der Waals surface area contributed by atoms with Gasteiger partial charge in [-0.15, -0.1) is 0 Å². The molecule has 3 heterocycles. The number of carbonyl (C=O) groups is 1. The van der Waals surface area contributed by atoms with E-state index in [4.69, 9.17) is 16.3 Å². The zero-order valence-electron chi connectivity index (χ0n) is 20.9. The molecule has 0 N–H and O–H groups in total. The van der Waals surface area contributed by atoms with Crippen LogP contribution in [0.4, 0.5) is 15.9 Å². The molecule has 7 nitrogen and oxygen atoms in total. The van der Waals surface area contributed by atoms with E-state index in [-0.39, 0.29) is 11.7 Å². The summed E-state index contributed by atoms with van der Waals surface area (Å²) in [4.78, 5) is 26.1. The van der Waals surface area contributed by atoms with Crippen LogP contribution in [0.25, 0.3) is 0 Å². The number of carbonyl (C=O) groups excluding carboxylic acids is 1. The third kappa shape index (κ3) is 5.81. The Bertz CT molecular complexity index is 1230. The van der Waals surface area contributed by atoms with E-state index in [9.17, 15) is 9.18 Å². The van der Waals surface area contributed by atoms with Gasteiger partial charge in [0.1, 0.15) is 17.4 Å². The van der Waals surface area contributed by atoms with Gasteiger partial charge >= 0.3 is 0 Å². The molecule has 3 aromatic rings. The van der Waals surface area contributed by atoms with Crippen molar-refractivity contribution in [2.24, 2.45) is 0 Å². The van der Waals surface area contributed by atoms with E-state index in [0.29, 0.717) is 38.3 Å². The van der Waals surface area contributed by atoms with Gasteiger partial charge in [0.25, 0.3) is 5.91 Å². The van der Waals surface area contributed by atoms with Crippen LogP contribution in [0.5, 0.6) is 5.75 Å². The third-order valence-corrected chi connectivity index (χ3v) is 7.41. The van der Waals surface area contributed by atoms with Gasteiger partial charge in [0.05, 0.1) is 24.0 Å². The number of para-hydroxylation sites is 1. The van der Waals surface area contributed by atoms with E-state index in [1.54, 1.807) is 13.2 Å². The molecule has 2 saturated heterocycles. The number of hydrogen-bond acceptors (Lipinski definition) is 6. The van der Waals surface area contributed by atoms with Gasteiger partial charge in [-0.05, 0) is 42.5 Å². The molecule has 0 spiro atoms. The fraction of sp³-hybridized carbons (Fsp3) is 0.357. The molecule has 0 atom stereocenters. The SMILES string of the molecule is COc1ccc(C(=O)N2CCN(c3ccc(F)cn3)CC2)cc1CN1CCN(c2ccccc2Cl)CC1. The lowest BCUT2D eigenvalue weighted by Crippen LogP contribution is -2.49. The monoisotopic (exact) mass is 523 g/mol. The van der Waals surface area contributed by atoms with Crippen molar-refractivity contribution in [3.05, 3.63) is 82.8 Å². The van der Waals surface area contributed by atoms with E-state index in [0.717, 1.165) is 54.0 Å². The number of ether oxygens (including phenoxy) is 1. The van der Waals surface area contributed by atoms with Crippen molar-refractivity contribution >= 4 is 29.0 Å². The van der Waals surface area contributed by atoms with Crippen LogP contribution in [0.3, 0.4) is 0 Å². The Morgan fingerprint density at radius 2 is 1.68 bits per heavy atom. The van der Waals surface area contributed by atoms with Crippen LogP contribution >= 0.6 is 11.6 Å². The Morgan fingerprint density at radius 3 is 2.35 bits per heavy atom. The minimum Gasteiger partial charge on any atom is -0.496 e. The summed E-state index contributed by atoms with van der Waals surface area (Å²) in [5, 5.41) is 0.776. The van der Waals surface area contributed by atoms with Crippen molar-refractivity contribution in [3.63, 3.8) is 0 Å². The van der Waals surface area contributed by atoms with E-state index >= 15 is 0 Å². The maximum absolute atomic E-state index is 13.3. The quantitative estimate of drug-likeness (QED) is 0.483. The fourth-order valence-corrected chi connectivity index (χ4v) is 5.26. The van der Waals surface area contributed by atoms with Gasteiger partial charge in [0.15, 0.2) is 0 Å². The van der Waals surface area contributed by atoms with Crippen LogP contribution in [0.15, 0.2) is 60.8 Å². The van der Waals surface area contributed by atoms with Gasteiger partial charge in [-0.25, -0.2) is 9.37 Å². The van der Waals surface area contributed by atoms with Crippen molar-refractivity contribution in [2.45, 2.75) is 6.54 Å². The molecule has 2 aliphatic rings. The van der Waals surface area contributed by atoms with Crippen LogP contribution in [0.1, 0.15) is 15.9 Å². The number of methoxy groups -OCH3 is 1. The zero-order valence-corrected chi connectivity index (χ0v) is 21.7.